The van der Waals surface area contributed by atoms with Crippen molar-refractivity contribution in [2.45, 2.75) is 31.8 Å². The minimum Gasteiger partial charge on any atom is -0.355 e. The summed E-state index contributed by atoms with van der Waals surface area (Å²) in [6.07, 6.45) is 3.05. The molecule has 3 aromatic rings. The van der Waals surface area contributed by atoms with Gasteiger partial charge < -0.3 is 5.32 Å². The molecule has 0 spiro atoms. The van der Waals surface area contributed by atoms with E-state index in [1.165, 1.54) is 17.3 Å². The number of amides is 1. The van der Waals surface area contributed by atoms with E-state index in [1.54, 1.807) is 4.52 Å². The molecule has 2 heterocycles. The zero-order chi connectivity index (χ0) is 17.8. The maximum atomic E-state index is 12.3. The SMILES string of the molecule is CSc1nc2nc(C)c(CC(=O)NCCc3ccccc3)c(C)n2n1. The van der Waals surface area contributed by atoms with Gasteiger partial charge in [-0.3, -0.25) is 4.79 Å². The van der Waals surface area contributed by atoms with Gasteiger partial charge in [0.25, 0.3) is 5.78 Å². The number of rotatable bonds is 6. The Morgan fingerprint density at radius 2 is 1.96 bits per heavy atom. The topological polar surface area (TPSA) is 72.2 Å². The number of nitrogens with one attached hydrogen (secondary N) is 1. The Hall–Kier alpha value is -2.41. The molecule has 0 saturated heterocycles. The highest BCUT2D eigenvalue weighted by molar-refractivity contribution is 7.98. The van der Waals surface area contributed by atoms with E-state index in [4.69, 9.17) is 0 Å². The molecule has 6 nitrogen and oxygen atoms in total. The molecule has 1 aromatic carbocycles. The molecule has 0 aliphatic heterocycles. The van der Waals surface area contributed by atoms with Crippen LogP contribution in [0.4, 0.5) is 0 Å². The smallest absolute Gasteiger partial charge is 0.253 e. The number of nitrogens with zero attached hydrogens (tertiary/aromatic N) is 4. The summed E-state index contributed by atoms with van der Waals surface area (Å²) in [5.74, 6) is 0.570. The number of hydrogen-bond acceptors (Lipinski definition) is 5. The van der Waals surface area contributed by atoms with E-state index < -0.39 is 0 Å². The van der Waals surface area contributed by atoms with E-state index >= 15 is 0 Å². The molecule has 0 atom stereocenters. The van der Waals surface area contributed by atoms with Crippen LogP contribution in [0.3, 0.4) is 0 Å². The molecule has 0 radical (unpaired) electrons. The fourth-order valence-electron chi connectivity index (χ4n) is 2.75. The van der Waals surface area contributed by atoms with Crippen molar-refractivity contribution >= 4 is 23.4 Å². The summed E-state index contributed by atoms with van der Waals surface area (Å²) >= 11 is 1.48. The third-order valence-corrected chi connectivity index (χ3v) is 4.67. The summed E-state index contributed by atoms with van der Waals surface area (Å²) in [6, 6.07) is 10.1. The highest BCUT2D eigenvalue weighted by Crippen LogP contribution is 2.17. The Morgan fingerprint density at radius 1 is 1.20 bits per heavy atom. The molecular formula is C18H21N5OS. The molecule has 3 rings (SSSR count). The maximum absolute atomic E-state index is 12.3. The first-order valence-electron chi connectivity index (χ1n) is 8.16. The summed E-state index contributed by atoms with van der Waals surface area (Å²) < 4.78 is 1.71. The lowest BCUT2D eigenvalue weighted by Crippen LogP contribution is -2.28. The molecule has 1 N–H and O–H groups in total. The fraction of sp³-hybridized carbons (Fsp3) is 0.333. The standard InChI is InChI=1S/C18H21N5OS/c1-12-15(13(2)23-17(20-12)21-18(22-23)25-3)11-16(24)19-10-9-14-7-5-4-6-8-14/h4-8H,9-11H2,1-3H3,(H,19,24). The van der Waals surface area contributed by atoms with Crippen LogP contribution in [0.1, 0.15) is 22.5 Å². The summed E-state index contributed by atoms with van der Waals surface area (Å²) in [7, 11) is 0. The van der Waals surface area contributed by atoms with Crippen LogP contribution in [0.2, 0.25) is 0 Å². The molecule has 0 unspecified atom stereocenters. The first-order chi connectivity index (χ1) is 12.1. The van der Waals surface area contributed by atoms with Crippen molar-refractivity contribution in [2.24, 2.45) is 0 Å². The lowest BCUT2D eigenvalue weighted by Gasteiger charge is -2.10. The van der Waals surface area contributed by atoms with Crippen molar-refractivity contribution in [3.8, 4) is 0 Å². The number of carbonyl (C=O) groups excluding carboxylic acids is 1. The minimum atomic E-state index is -0.00603. The van der Waals surface area contributed by atoms with Gasteiger partial charge in [-0.05, 0) is 32.1 Å². The average molecular weight is 355 g/mol. The average Bonchev–Trinajstić information content (AvgIpc) is 3.03. The lowest BCUT2D eigenvalue weighted by molar-refractivity contribution is -0.120. The zero-order valence-electron chi connectivity index (χ0n) is 14.6. The van der Waals surface area contributed by atoms with Gasteiger partial charge in [-0.15, -0.1) is 5.10 Å². The molecule has 0 bridgehead atoms. The van der Waals surface area contributed by atoms with E-state index in [-0.39, 0.29) is 5.91 Å². The molecule has 0 aliphatic carbocycles. The van der Waals surface area contributed by atoms with Crippen LogP contribution in [-0.2, 0) is 17.6 Å². The van der Waals surface area contributed by atoms with Gasteiger partial charge in [0.1, 0.15) is 0 Å². The summed E-state index contributed by atoms with van der Waals surface area (Å²) in [6.45, 7) is 4.48. The normalized spacial score (nSPS) is 11.0. The van der Waals surface area contributed by atoms with E-state index in [1.807, 2.05) is 38.3 Å². The molecule has 1 amide bonds. The van der Waals surface area contributed by atoms with Gasteiger partial charge in [-0.2, -0.15) is 4.98 Å². The van der Waals surface area contributed by atoms with Crippen molar-refractivity contribution in [3.05, 3.63) is 52.8 Å². The second-order valence-corrected chi connectivity index (χ2v) is 6.61. The van der Waals surface area contributed by atoms with Crippen LogP contribution < -0.4 is 5.32 Å². The van der Waals surface area contributed by atoms with Gasteiger partial charge in [0.15, 0.2) is 0 Å². The molecule has 130 valence electrons. The number of thioether (sulfide) groups is 1. The van der Waals surface area contributed by atoms with Crippen LogP contribution >= 0.6 is 11.8 Å². The summed E-state index contributed by atoms with van der Waals surface area (Å²) in [4.78, 5) is 21.2. The Labute approximate surface area is 151 Å². The summed E-state index contributed by atoms with van der Waals surface area (Å²) in [5, 5.41) is 8.08. The van der Waals surface area contributed by atoms with Crippen molar-refractivity contribution < 1.29 is 4.79 Å². The molecule has 2 aromatic heterocycles. The summed E-state index contributed by atoms with van der Waals surface area (Å²) in [5.41, 5.74) is 3.85. The fourth-order valence-corrected chi connectivity index (χ4v) is 3.08. The van der Waals surface area contributed by atoms with E-state index in [2.05, 4.69) is 32.5 Å². The van der Waals surface area contributed by atoms with E-state index in [0.29, 0.717) is 23.9 Å². The highest BCUT2D eigenvalue weighted by Gasteiger charge is 2.15. The van der Waals surface area contributed by atoms with Crippen LogP contribution in [0, 0.1) is 13.8 Å². The molecular weight excluding hydrogens is 334 g/mol. The number of hydrogen-bond donors (Lipinski definition) is 1. The number of fused-ring (bicyclic) bond motifs is 1. The predicted octanol–water partition coefficient (Wildman–Crippen LogP) is 2.36. The van der Waals surface area contributed by atoms with Crippen molar-refractivity contribution in [3.63, 3.8) is 0 Å². The van der Waals surface area contributed by atoms with Crippen molar-refractivity contribution in [1.82, 2.24) is 24.9 Å². The van der Waals surface area contributed by atoms with Crippen LogP contribution in [0.25, 0.3) is 5.78 Å². The number of aromatic nitrogens is 4. The van der Waals surface area contributed by atoms with Gasteiger partial charge >= 0.3 is 0 Å². The van der Waals surface area contributed by atoms with Gasteiger partial charge in [0.2, 0.25) is 11.1 Å². The minimum absolute atomic E-state index is 0.00603. The predicted molar refractivity (Wildman–Crippen MR) is 98.9 cm³/mol. The Morgan fingerprint density at radius 3 is 2.68 bits per heavy atom. The van der Waals surface area contributed by atoms with Gasteiger partial charge in [0.05, 0.1) is 6.42 Å². The second kappa shape index (κ2) is 7.65. The van der Waals surface area contributed by atoms with E-state index in [9.17, 15) is 4.79 Å². The number of aryl methyl sites for hydroxylation is 2. The highest BCUT2D eigenvalue weighted by atomic mass is 32.2. The monoisotopic (exact) mass is 355 g/mol. The Kier molecular flexibility index (Phi) is 5.33. The molecule has 25 heavy (non-hydrogen) atoms. The largest absolute Gasteiger partial charge is 0.355 e. The van der Waals surface area contributed by atoms with Crippen LogP contribution in [0.5, 0.6) is 0 Å². The van der Waals surface area contributed by atoms with Crippen molar-refractivity contribution in [1.29, 1.82) is 0 Å². The lowest BCUT2D eigenvalue weighted by atomic mass is 10.1. The number of benzene rings is 1. The second-order valence-electron chi connectivity index (χ2n) is 5.83. The quantitative estimate of drug-likeness (QED) is 0.687. The third-order valence-electron chi connectivity index (χ3n) is 4.13. The van der Waals surface area contributed by atoms with Gasteiger partial charge in [-0.1, -0.05) is 42.1 Å². The van der Waals surface area contributed by atoms with Crippen LogP contribution in [0.15, 0.2) is 35.5 Å². The Bertz CT molecular complexity index is 891. The van der Waals surface area contributed by atoms with E-state index in [0.717, 1.165) is 23.4 Å². The van der Waals surface area contributed by atoms with Crippen LogP contribution in [-0.4, -0.2) is 38.3 Å². The zero-order valence-corrected chi connectivity index (χ0v) is 15.4. The Balaban J connectivity index is 1.68. The first kappa shape index (κ1) is 17.4. The van der Waals surface area contributed by atoms with Gasteiger partial charge in [-0.25, -0.2) is 9.50 Å². The molecule has 0 saturated carbocycles. The number of carbonyl (C=O) groups is 1. The van der Waals surface area contributed by atoms with Crippen molar-refractivity contribution in [2.75, 3.05) is 12.8 Å². The third kappa shape index (κ3) is 3.99. The molecule has 7 heteroatoms. The van der Waals surface area contributed by atoms with Gasteiger partial charge in [0, 0.05) is 23.5 Å². The maximum Gasteiger partial charge on any atom is 0.253 e. The molecule has 0 aliphatic rings. The first-order valence-corrected chi connectivity index (χ1v) is 9.38. The molecule has 0 fully saturated rings.